The Labute approximate surface area is 161 Å². The van der Waals surface area contributed by atoms with Crippen molar-refractivity contribution in [1.29, 1.82) is 0 Å². The van der Waals surface area contributed by atoms with Gasteiger partial charge in [-0.3, -0.25) is 19.2 Å². The van der Waals surface area contributed by atoms with E-state index in [2.05, 4.69) is 10.1 Å². The fourth-order valence-electron chi connectivity index (χ4n) is 1.90. The van der Waals surface area contributed by atoms with E-state index >= 15 is 0 Å². The van der Waals surface area contributed by atoms with Crippen molar-refractivity contribution in [1.82, 2.24) is 5.32 Å². The highest BCUT2D eigenvalue weighted by Crippen LogP contribution is 2.02. The maximum atomic E-state index is 11.6. The van der Waals surface area contributed by atoms with Crippen LogP contribution in [0.15, 0.2) is 48.5 Å². The molecule has 2 rings (SSSR count). The number of benzene rings is 2. The Morgan fingerprint density at radius 1 is 0.893 bits per heavy atom. The van der Waals surface area contributed by atoms with Gasteiger partial charge in [0, 0.05) is 23.2 Å². The molecule has 8 heteroatoms. The highest BCUT2D eigenvalue weighted by molar-refractivity contribution is 5.95. The molecule has 0 aromatic heterocycles. The fourth-order valence-corrected chi connectivity index (χ4v) is 1.90. The molecule has 0 spiro atoms. The first-order valence-corrected chi connectivity index (χ1v) is 8.10. The lowest BCUT2D eigenvalue weighted by molar-refractivity contribution is -0.140. The SMILES string of the molecule is COC(=O)CCNC(=O)c1ccc(C=O)cc1.O=Cc1ccc(C(=O)O)cc1. The molecule has 0 radical (unpaired) electrons. The minimum Gasteiger partial charge on any atom is -0.478 e. The van der Waals surface area contributed by atoms with Crippen LogP contribution >= 0.6 is 0 Å². The highest BCUT2D eigenvalue weighted by atomic mass is 16.5. The Bertz CT molecular complexity index is 827. The molecule has 0 unspecified atom stereocenters. The van der Waals surface area contributed by atoms with Crippen LogP contribution in [0.5, 0.6) is 0 Å². The smallest absolute Gasteiger partial charge is 0.335 e. The number of hydrogen-bond donors (Lipinski definition) is 2. The van der Waals surface area contributed by atoms with E-state index in [4.69, 9.17) is 5.11 Å². The number of carbonyl (C=O) groups is 5. The number of methoxy groups -OCH3 is 1. The van der Waals surface area contributed by atoms with Gasteiger partial charge in [0.1, 0.15) is 12.6 Å². The Morgan fingerprint density at radius 2 is 1.36 bits per heavy atom. The monoisotopic (exact) mass is 385 g/mol. The predicted octanol–water partition coefficient (Wildman–Crippen LogP) is 1.99. The fraction of sp³-hybridized carbons (Fsp3) is 0.150. The molecule has 146 valence electrons. The number of aromatic carboxylic acids is 1. The number of nitrogens with one attached hydrogen (secondary N) is 1. The molecule has 2 aromatic rings. The average Bonchev–Trinajstić information content (AvgIpc) is 2.74. The Balaban J connectivity index is 0.000000307. The number of hydrogen-bond acceptors (Lipinski definition) is 6. The van der Waals surface area contributed by atoms with Gasteiger partial charge >= 0.3 is 11.9 Å². The van der Waals surface area contributed by atoms with Gasteiger partial charge in [0.25, 0.3) is 5.91 Å². The maximum absolute atomic E-state index is 11.6. The molecule has 0 atom stereocenters. The Morgan fingerprint density at radius 3 is 1.75 bits per heavy atom. The van der Waals surface area contributed by atoms with Crippen molar-refractivity contribution in [2.45, 2.75) is 6.42 Å². The van der Waals surface area contributed by atoms with Gasteiger partial charge in [0.2, 0.25) is 0 Å². The average molecular weight is 385 g/mol. The number of amides is 1. The summed E-state index contributed by atoms with van der Waals surface area (Å²) in [6.45, 7) is 0.223. The van der Waals surface area contributed by atoms with E-state index in [0.29, 0.717) is 29.3 Å². The summed E-state index contributed by atoms with van der Waals surface area (Å²) in [6, 6.07) is 11.9. The van der Waals surface area contributed by atoms with E-state index in [-0.39, 0.29) is 30.4 Å². The molecule has 8 nitrogen and oxygen atoms in total. The van der Waals surface area contributed by atoms with Crippen LogP contribution in [0, 0.1) is 0 Å². The lowest BCUT2D eigenvalue weighted by Crippen LogP contribution is -2.26. The van der Waals surface area contributed by atoms with Crippen LogP contribution in [0.1, 0.15) is 47.9 Å². The van der Waals surface area contributed by atoms with Crippen molar-refractivity contribution >= 4 is 30.4 Å². The predicted molar refractivity (Wildman–Crippen MR) is 99.6 cm³/mol. The van der Waals surface area contributed by atoms with Crippen molar-refractivity contribution in [3.05, 3.63) is 70.8 Å². The summed E-state index contributed by atoms with van der Waals surface area (Å²) in [5.41, 5.74) is 1.63. The van der Waals surface area contributed by atoms with Crippen molar-refractivity contribution in [3.8, 4) is 0 Å². The molecule has 0 saturated carbocycles. The van der Waals surface area contributed by atoms with Crippen LogP contribution in [-0.4, -0.2) is 49.2 Å². The second-order valence-electron chi connectivity index (χ2n) is 5.37. The third-order valence-corrected chi connectivity index (χ3v) is 3.45. The van der Waals surface area contributed by atoms with Crippen molar-refractivity contribution in [3.63, 3.8) is 0 Å². The number of rotatable bonds is 7. The van der Waals surface area contributed by atoms with E-state index in [1.165, 1.54) is 31.4 Å². The van der Waals surface area contributed by atoms with Gasteiger partial charge in [0.05, 0.1) is 19.1 Å². The van der Waals surface area contributed by atoms with Crippen molar-refractivity contribution < 1.29 is 33.8 Å². The summed E-state index contributed by atoms with van der Waals surface area (Å²) < 4.78 is 4.44. The molecule has 0 fully saturated rings. The zero-order valence-corrected chi connectivity index (χ0v) is 15.1. The third kappa shape index (κ3) is 7.61. The summed E-state index contributed by atoms with van der Waals surface area (Å²) in [4.78, 5) is 53.2. The van der Waals surface area contributed by atoms with Gasteiger partial charge in [-0.15, -0.1) is 0 Å². The number of esters is 1. The molecule has 28 heavy (non-hydrogen) atoms. The molecular weight excluding hydrogens is 366 g/mol. The summed E-state index contributed by atoms with van der Waals surface area (Å²) in [5, 5.41) is 11.0. The molecule has 0 aliphatic rings. The van der Waals surface area contributed by atoms with Crippen LogP contribution in [0.3, 0.4) is 0 Å². The highest BCUT2D eigenvalue weighted by Gasteiger charge is 2.06. The third-order valence-electron chi connectivity index (χ3n) is 3.45. The molecule has 2 aromatic carbocycles. The molecule has 2 N–H and O–H groups in total. The van der Waals surface area contributed by atoms with Crippen molar-refractivity contribution in [2.24, 2.45) is 0 Å². The molecule has 0 saturated heterocycles. The van der Waals surface area contributed by atoms with Gasteiger partial charge in [-0.1, -0.05) is 24.3 Å². The summed E-state index contributed by atoms with van der Waals surface area (Å²) in [5.74, 6) is -1.64. The standard InChI is InChI=1S/C12H13NO4.C8H6O3/c1-17-11(15)6-7-13-12(16)10-4-2-9(8-14)3-5-10;9-5-6-1-3-7(4-2-6)8(10)11/h2-5,8H,6-7H2,1H3,(H,13,16);1-5H,(H,10,11). The van der Waals surface area contributed by atoms with Crippen molar-refractivity contribution in [2.75, 3.05) is 13.7 Å². The number of aldehydes is 2. The van der Waals surface area contributed by atoms with Crippen LogP contribution in [0.25, 0.3) is 0 Å². The van der Waals surface area contributed by atoms with E-state index < -0.39 is 5.97 Å². The normalized spacial score (nSPS) is 9.32. The summed E-state index contributed by atoms with van der Waals surface area (Å²) in [7, 11) is 1.29. The minimum atomic E-state index is -0.984. The lowest BCUT2D eigenvalue weighted by atomic mass is 10.1. The second kappa shape index (κ2) is 11.7. The van der Waals surface area contributed by atoms with Crippen LogP contribution in [-0.2, 0) is 9.53 Å². The van der Waals surface area contributed by atoms with Gasteiger partial charge in [-0.05, 0) is 24.3 Å². The molecule has 1 amide bonds. The Hall–Kier alpha value is -3.81. The first-order valence-electron chi connectivity index (χ1n) is 8.10. The molecule has 0 bridgehead atoms. The second-order valence-corrected chi connectivity index (χ2v) is 5.37. The Kier molecular flexibility index (Phi) is 9.32. The van der Waals surface area contributed by atoms with Gasteiger partial charge in [-0.25, -0.2) is 4.79 Å². The van der Waals surface area contributed by atoms with E-state index in [1.54, 1.807) is 24.3 Å². The zero-order chi connectivity index (χ0) is 20.9. The zero-order valence-electron chi connectivity index (χ0n) is 15.1. The quantitative estimate of drug-likeness (QED) is 0.551. The molecule has 0 aliphatic carbocycles. The molecular formula is C20H19NO7. The van der Waals surface area contributed by atoms with E-state index in [9.17, 15) is 24.0 Å². The number of carbonyl (C=O) groups excluding carboxylic acids is 4. The first-order chi connectivity index (χ1) is 13.4. The van der Waals surface area contributed by atoms with Crippen LogP contribution in [0.4, 0.5) is 0 Å². The van der Waals surface area contributed by atoms with Crippen LogP contribution < -0.4 is 5.32 Å². The molecule has 0 heterocycles. The molecule has 0 aliphatic heterocycles. The van der Waals surface area contributed by atoms with Gasteiger partial charge in [0.15, 0.2) is 0 Å². The number of ether oxygens (including phenoxy) is 1. The summed E-state index contributed by atoms with van der Waals surface area (Å²) >= 11 is 0. The number of carboxylic acids is 1. The first kappa shape index (κ1) is 22.2. The van der Waals surface area contributed by atoms with E-state index in [1.807, 2.05) is 0 Å². The summed E-state index contributed by atoms with van der Waals surface area (Å²) in [6.07, 6.45) is 1.51. The number of carboxylic acid groups (broad SMARTS) is 1. The largest absolute Gasteiger partial charge is 0.478 e. The van der Waals surface area contributed by atoms with Gasteiger partial charge in [-0.2, -0.15) is 0 Å². The van der Waals surface area contributed by atoms with E-state index in [0.717, 1.165) is 0 Å². The minimum absolute atomic E-state index is 0.134. The topological polar surface area (TPSA) is 127 Å². The van der Waals surface area contributed by atoms with Crippen LogP contribution in [0.2, 0.25) is 0 Å². The van der Waals surface area contributed by atoms with Gasteiger partial charge < -0.3 is 15.2 Å². The lowest BCUT2D eigenvalue weighted by Gasteiger charge is -2.04. The maximum Gasteiger partial charge on any atom is 0.335 e.